The molecule has 0 bridgehead atoms. The number of amides is 2. The van der Waals surface area contributed by atoms with Gasteiger partial charge in [0.05, 0.1) is 11.8 Å². The second kappa shape index (κ2) is 5.67. The summed E-state index contributed by atoms with van der Waals surface area (Å²) in [5, 5.41) is 17.3. The van der Waals surface area contributed by atoms with E-state index in [4.69, 9.17) is 0 Å². The lowest BCUT2D eigenvalue weighted by Gasteiger charge is -2.22. The minimum Gasteiger partial charge on any atom is -0.391 e. The monoisotopic (exact) mass is 292 g/mol. The lowest BCUT2D eigenvalue weighted by molar-refractivity contribution is 0.117. The summed E-state index contributed by atoms with van der Waals surface area (Å²) in [6.45, 7) is 0.379. The molecule has 1 aromatic rings. The van der Waals surface area contributed by atoms with Crippen LogP contribution in [-0.4, -0.2) is 45.5 Å². The van der Waals surface area contributed by atoms with E-state index in [-0.39, 0.29) is 6.03 Å². The standard InChI is InChI=1S/C15H24N4O2/c1-18(9-13(20)11-6-7-11)15(21)16-14-8-12(17-19(14)2)10-4-3-5-10/h8,10-11,13,20H,3-7,9H2,1-2H3,(H,16,21). The van der Waals surface area contributed by atoms with Crippen LogP contribution in [0.4, 0.5) is 10.6 Å². The Kier molecular flexibility index (Phi) is 3.89. The van der Waals surface area contributed by atoms with Crippen molar-refractivity contribution >= 4 is 11.8 Å². The zero-order valence-corrected chi connectivity index (χ0v) is 12.7. The number of aliphatic hydroxyl groups excluding tert-OH is 1. The lowest BCUT2D eigenvalue weighted by atomic mass is 9.83. The fraction of sp³-hybridized carbons (Fsp3) is 0.733. The predicted octanol–water partition coefficient (Wildman–Crippen LogP) is 1.92. The summed E-state index contributed by atoms with van der Waals surface area (Å²) in [5.74, 6) is 1.65. The number of hydrogen-bond donors (Lipinski definition) is 2. The molecule has 116 valence electrons. The summed E-state index contributed by atoms with van der Waals surface area (Å²) in [7, 11) is 3.56. The van der Waals surface area contributed by atoms with E-state index in [2.05, 4.69) is 10.4 Å². The van der Waals surface area contributed by atoms with Crippen LogP contribution in [0.25, 0.3) is 0 Å². The number of likely N-dealkylation sites (N-methyl/N-ethyl adjacent to an activating group) is 1. The van der Waals surface area contributed by atoms with Crippen LogP contribution in [0.1, 0.15) is 43.7 Å². The summed E-state index contributed by atoms with van der Waals surface area (Å²) in [6.07, 6.45) is 5.39. The predicted molar refractivity (Wildman–Crippen MR) is 80.2 cm³/mol. The lowest BCUT2D eigenvalue weighted by Crippen LogP contribution is -2.38. The molecule has 3 rings (SSSR count). The van der Waals surface area contributed by atoms with E-state index in [1.54, 1.807) is 16.6 Å². The highest BCUT2D eigenvalue weighted by Crippen LogP contribution is 2.36. The molecule has 1 heterocycles. The van der Waals surface area contributed by atoms with Gasteiger partial charge in [-0.3, -0.25) is 10.00 Å². The quantitative estimate of drug-likeness (QED) is 0.871. The molecule has 6 heteroatoms. The number of nitrogens with one attached hydrogen (secondary N) is 1. The normalized spacial score (nSPS) is 20.0. The van der Waals surface area contributed by atoms with Gasteiger partial charge in [0, 0.05) is 32.6 Å². The van der Waals surface area contributed by atoms with E-state index < -0.39 is 6.10 Å². The number of aromatic nitrogens is 2. The van der Waals surface area contributed by atoms with Gasteiger partial charge in [-0.25, -0.2) is 4.79 Å². The highest BCUT2D eigenvalue weighted by molar-refractivity contribution is 5.88. The molecule has 2 N–H and O–H groups in total. The molecular weight excluding hydrogens is 268 g/mol. The Morgan fingerprint density at radius 2 is 2.24 bits per heavy atom. The number of carbonyl (C=O) groups excluding carboxylic acids is 1. The fourth-order valence-electron chi connectivity index (χ4n) is 2.71. The number of rotatable bonds is 5. The van der Waals surface area contributed by atoms with E-state index in [0.717, 1.165) is 24.4 Å². The van der Waals surface area contributed by atoms with Gasteiger partial charge in [0.1, 0.15) is 5.82 Å². The average molecular weight is 292 g/mol. The molecule has 0 saturated heterocycles. The molecule has 6 nitrogen and oxygen atoms in total. The molecule has 0 aliphatic heterocycles. The third-order valence-electron chi connectivity index (χ3n) is 4.63. The number of aliphatic hydroxyl groups is 1. The number of anilines is 1. The second-order valence-corrected chi connectivity index (χ2v) is 6.42. The molecule has 2 amide bonds. The topological polar surface area (TPSA) is 70.4 Å². The van der Waals surface area contributed by atoms with Gasteiger partial charge in [0.25, 0.3) is 0 Å². The van der Waals surface area contributed by atoms with Crippen molar-refractivity contribution in [3.8, 4) is 0 Å². The summed E-state index contributed by atoms with van der Waals surface area (Å²) in [5.41, 5.74) is 1.07. The van der Waals surface area contributed by atoms with E-state index in [1.807, 2.05) is 13.1 Å². The second-order valence-electron chi connectivity index (χ2n) is 6.42. The Labute approximate surface area is 125 Å². The molecule has 1 aromatic heterocycles. The smallest absolute Gasteiger partial charge is 0.322 e. The highest BCUT2D eigenvalue weighted by atomic mass is 16.3. The number of nitrogens with zero attached hydrogens (tertiary/aromatic N) is 3. The molecule has 2 saturated carbocycles. The third-order valence-corrected chi connectivity index (χ3v) is 4.63. The minimum atomic E-state index is -0.405. The average Bonchev–Trinajstić information content (AvgIpc) is 3.14. The van der Waals surface area contributed by atoms with Crippen LogP contribution in [0.5, 0.6) is 0 Å². The molecule has 1 atom stereocenters. The van der Waals surface area contributed by atoms with Crippen molar-refractivity contribution in [2.24, 2.45) is 13.0 Å². The van der Waals surface area contributed by atoms with Crippen LogP contribution < -0.4 is 5.32 Å². The SMILES string of the molecule is CN(CC(O)C1CC1)C(=O)Nc1cc(C2CCC2)nn1C. The van der Waals surface area contributed by atoms with Crippen LogP contribution >= 0.6 is 0 Å². The number of urea groups is 1. The zero-order chi connectivity index (χ0) is 15.0. The van der Waals surface area contributed by atoms with Gasteiger partial charge in [-0.1, -0.05) is 6.42 Å². The van der Waals surface area contributed by atoms with E-state index in [9.17, 15) is 9.90 Å². The molecule has 0 spiro atoms. The largest absolute Gasteiger partial charge is 0.391 e. The van der Waals surface area contributed by atoms with E-state index >= 15 is 0 Å². The maximum Gasteiger partial charge on any atom is 0.322 e. The summed E-state index contributed by atoms with van der Waals surface area (Å²) in [4.78, 5) is 13.7. The molecule has 1 unspecified atom stereocenters. The van der Waals surface area contributed by atoms with Gasteiger partial charge in [0.15, 0.2) is 0 Å². The fourth-order valence-corrected chi connectivity index (χ4v) is 2.71. The molecule has 2 fully saturated rings. The molecule has 0 aromatic carbocycles. The minimum absolute atomic E-state index is 0.196. The Hall–Kier alpha value is -1.56. The molecule has 0 radical (unpaired) electrons. The van der Waals surface area contributed by atoms with Crippen molar-refractivity contribution in [2.75, 3.05) is 18.9 Å². The van der Waals surface area contributed by atoms with E-state index in [0.29, 0.717) is 18.4 Å². The van der Waals surface area contributed by atoms with Gasteiger partial charge in [-0.15, -0.1) is 0 Å². The van der Waals surface area contributed by atoms with Crippen LogP contribution in [0, 0.1) is 5.92 Å². The van der Waals surface area contributed by atoms with E-state index in [1.165, 1.54) is 19.3 Å². The molecule has 2 aliphatic rings. The Morgan fingerprint density at radius 1 is 1.52 bits per heavy atom. The van der Waals surface area contributed by atoms with Crippen LogP contribution in [-0.2, 0) is 7.05 Å². The van der Waals surface area contributed by atoms with Crippen LogP contribution in [0.2, 0.25) is 0 Å². The highest BCUT2D eigenvalue weighted by Gasteiger charge is 2.31. The number of hydrogen-bond acceptors (Lipinski definition) is 3. The first-order valence-electron chi connectivity index (χ1n) is 7.78. The summed E-state index contributed by atoms with van der Waals surface area (Å²) in [6, 6.07) is 1.77. The molecular formula is C15H24N4O2. The molecule has 2 aliphatic carbocycles. The van der Waals surface area contributed by atoms with Crippen LogP contribution in [0.3, 0.4) is 0 Å². The van der Waals surface area contributed by atoms with Gasteiger partial charge >= 0.3 is 6.03 Å². The van der Waals surface area contributed by atoms with Crippen molar-refractivity contribution in [3.05, 3.63) is 11.8 Å². The summed E-state index contributed by atoms with van der Waals surface area (Å²) >= 11 is 0. The van der Waals surface area contributed by atoms with Crippen molar-refractivity contribution in [1.29, 1.82) is 0 Å². The van der Waals surface area contributed by atoms with Gasteiger partial charge in [-0.05, 0) is 31.6 Å². The van der Waals surface area contributed by atoms with Crippen molar-refractivity contribution in [2.45, 2.75) is 44.1 Å². The molecule has 21 heavy (non-hydrogen) atoms. The zero-order valence-electron chi connectivity index (χ0n) is 12.7. The summed E-state index contributed by atoms with van der Waals surface area (Å²) < 4.78 is 1.72. The van der Waals surface area contributed by atoms with Gasteiger partial charge in [-0.2, -0.15) is 5.10 Å². The Morgan fingerprint density at radius 3 is 2.81 bits per heavy atom. The van der Waals surface area contributed by atoms with Crippen LogP contribution in [0.15, 0.2) is 6.07 Å². The number of carbonyl (C=O) groups is 1. The first-order valence-corrected chi connectivity index (χ1v) is 7.78. The third kappa shape index (κ3) is 3.20. The van der Waals surface area contributed by atoms with Gasteiger partial charge in [0.2, 0.25) is 0 Å². The maximum absolute atomic E-state index is 12.2. The first-order chi connectivity index (χ1) is 10.0. The Bertz CT molecular complexity index is 520. The maximum atomic E-state index is 12.2. The van der Waals surface area contributed by atoms with Crippen molar-refractivity contribution in [3.63, 3.8) is 0 Å². The first kappa shape index (κ1) is 14.4. The van der Waals surface area contributed by atoms with Gasteiger partial charge < -0.3 is 10.0 Å². The van der Waals surface area contributed by atoms with Crippen molar-refractivity contribution in [1.82, 2.24) is 14.7 Å². The van der Waals surface area contributed by atoms with Crippen molar-refractivity contribution < 1.29 is 9.90 Å². The Balaban J connectivity index is 1.57. The number of aryl methyl sites for hydroxylation is 1.